The quantitative estimate of drug-likeness (QED) is 0.719. The van der Waals surface area contributed by atoms with Crippen molar-refractivity contribution in [1.29, 1.82) is 0 Å². The molecule has 146 valence electrons. The van der Waals surface area contributed by atoms with Crippen LogP contribution in [0, 0.1) is 0 Å². The summed E-state index contributed by atoms with van der Waals surface area (Å²) in [5.74, 6) is -0.816. The van der Waals surface area contributed by atoms with E-state index in [9.17, 15) is 14.4 Å². The van der Waals surface area contributed by atoms with Crippen LogP contribution < -0.4 is 10.2 Å². The lowest BCUT2D eigenvalue weighted by Crippen LogP contribution is -2.55. The molecule has 3 rings (SSSR count). The minimum absolute atomic E-state index is 0.0400. The fraction of sp³-hybridized carbons (Fsp3) is 0.550. The van der Waals surface area contributed by atoms with Crippen molar-refractivity contribution in [3.8, 4) is 0 Å². The van der Waals surface area contributed by atoms with E-state index in [0.717, 1.165) is 30.5 Å². The highest BCUT2D eigenvalue weighted by Gasteiger charge is 2.34. The Labute approximate surface area is 159 Å². The third-order valence-corrected chi connectivity index (χ3v) is 5.49. The summed E-state index contributed by atoms with van der Waals surface area (Å²) < 4.78 is 0. The Kier molecular flexibility index (Phi) is 6.11. The fourth-order valence-electron chi connectivity index (χ4n) is 3.93. The van der Waals surface area contributed by atoms with E-state index in [1.54, 1.807) is 4.90 Å². The zero-order valence-corrected chi connectivity index (χ0v) is 15.7. The molecule has 1 aliphatic heterocycles. The first-order chi connectivity index (χ1) is 13.0. The maximum Gasteiger partial charge on any atom is 0.317 e. The summed E-state index contributed by atoms with van der Waals surface area (Å²) in [5, 5.41) is 11.9. The number of carbonyl (C=O) groups excluding carboxylic acids is 2. The van der Waals surface area contributed by atoms with E-state index < -0.39 is 5.97 Å². The molecule has 1 fully saturated rings. The number of carboxylic acid groups (broad SMARTS) is 1. The molecule has 0 unspecified atom stereocenters. The van der Waals surface area contributed by atoms with Crippen molar-refractivity contribution >= 4 is 23.5 Å². The number of rotatable bonds is 8. The number of benzene rings is 1. The largest absolute Gasteiger partial charge is 0.480 e. The van der Waals surface area contributed by atoms with E-state index in [4.69, 9.17) is 5.11 Å². The number of carboxylic acids is 1. The Bertz CT molecular complexity index is 715. The van der Waals surface area contributed by atoms with Gasteiger partial charge in [-0.3, -0.25) is 19.3 Å². The summed E-state index contributed by atoms with van der Waals surface area (Å²) in [6.07, 6.45) is 3.06. The van der Waals surface area contributed by atoms with Gasteiger partial charge in [-0.2, -0.15) is 0 Å². The SMILES string of the molecule is CCN(CC(=O)O)C1CC(NC(=O)CCN2C(=O)CCc3ccccc32)C1. The van der Waals surface area contributed by atoms with Gasteiger partial charge >= 0.3 is 5.97 Å². The number of amides is 2. The molecule has 7 nitrogen and oxygen atoms in total. The first-order valence-corrected chi connectivity index (χ1v) is 9.61. The normalized spacial score (nSPS) is 21.6. The number of para-hydroxylation sites is 1. The van der Waals surface area contributed by atoms with Crippen molar-refractivity contribution in [3.05, 3.63) is 29.8 Å². The van der Waals surface area contributed by atoms with Gasteiger partial charge in [0, 0.05) is 37.2 Å². The van der Waals surface area contributed by atoms with Crippen molar-refractivity contribution in [1.82, 2.24) is 10.2 Å². The van der Waals surface area contributed by atoms with Gasteiger partial charge in [0.2, 0.25) is 11.8 Å². The third kappa shape index (κ3) is 4.66. The van der Waals surface area contributed by atoms with E-state index in [1.165, 1.54) is 0 Å². The van der Waals surface area contributed by atoms with Crippen LogP contribution >= 0.6 is 0 Å². The standard InChI is InChI=1S/C20H27N3O4/c1-2-22(13-20(26)27)16-11-15(12-16)21-18(24)9-10-23-17-6-4-3-5-14(17)7-8-19(23)25/h3-6,15-16H,2,7-13H2,1H3,(H,21,24)(H,26,27). The molecule has 0 spiro atoms. The molecule has 2 aliphatic rings. The first-order valence-electron chi connectivity index (χ1n) is 9.61. The average molecular weight is 373 g/mol. The molecule has 2 N–H and O–H groups in total. The molecule has 1 aliphatic carbocycles. The predicted octanol–water partition coefficient (Wildman–Crippen LogP) is 1.41. The molecule has 0 atom stereocenters. The Balaban J connectivity index is 1.45. The van der Waals surface area contributed by atoms with Gasteiger partial charge in [0.15, 0.2) is 0 Å². The molecule has 0 saturated heterocycles. The minimum atomic E-state index is -0.823. The highest BCUT2D eigenvalue weighted by molar-refractivity contribution is 5.97. The fourth-order valence-corrected chi connectivity index (χ4v) is 3.93. The lowest BCUT2D eigenvalue weighted by atomic mass is 9.85. The number of likely N-dealkylation sites (N-methyl/N-ethyl adjacent to an activating group) is 1. The van der Waals surface area contributed by atoms with Crippen LogP contribution in [0.1, 0.15) is 38.2 Å². The van der Waals surface area contributed by atoms with Crippen LogP contribution in [0.5, 0.6) is 0 Å². The predicted molar refractivity (Wildman–Crippen MR) is 102 cm³/mol. The van der Waals surface area contributed by atoms with Crippen LogP contribution in [0.15, 0.2) is 24.3 Å². The van der Waals surface area contributed by atoms with Crippen LogP contribution in [0.3, 0.4) is 0 Å². The molecule has 7 heteroatoms. The molecular weight excluding hydrogens is 346 g/mol. The van der Waals surface area contributed by atoms with Gasteiger partial charge < -0.3 is 15.3 Å². The molecule has 1 aromatic rings. The molecule has 1 aromatic carbocycles. The second-order valence-corrected chi connectivity index (χ2v) is 7.27. The van der Waals surface area contributed by atoms with Crippen molar-refractivity contribution in [2.45, 2.75) is 51.1 Å². The molecule has 0 aromatic heterocycles. The van der Waals surface area contributed by atoms with Gasteiger partial charge in [-0.25, -0.2) is 0 Å². The number of fused-ring (bicyclic) bond motifs is 1. The van der Waals surface area contributed by atoms with Crippen LogP contribution in [0.4, 0.5) is 5.69 Å². The highest BCUT2D eigenvalue weighted by atomic mass is 16.4. The van der Waals surface area contributed by atoms with Gasteiger partial charge in [0.1, 0.15) is 0 Å². The van der Waals surface area contributed by atoms with Gasteiger partial charge in [-0.15, -0.1) is 0 Å². The molecule has 0 bridgehead atoms. The summed E-state index contributed by atoms with van der Waals surface area (Å²) in [6, 6.07) is 8.15. The lowest BCUT2D eigenvalue weighted by molar-refractivity contribution is -0.139. The first kappa shape index (κ1) is 19.4. The summed E-state index contributed by atoms with van der Waals surface area (Å²) in [4.78, 5) is 39.0. The number of nitrogens with zero attached hydrogens (tertiary/aromatic N) is 2. The Morgan fingerprint density at radius 3 is 2.70 bits per heavy atom. The molecule has 1 heterocycles. The highest BCUT2D eigenvalue weighted by Crippen LogP contribution is 2.28. The van der Waals surface area contributed by atoms with E-state index in [0.29, 0.717) is 19.5 Å². The van der Waals surface area contributed by atoms with E-state index >= 15 is 0 Å². The second kappa shape index (κ2) is 8.52. The number of carbonyl (C=O) groups is 3. The second-order valence-electron chi connectivity index (χ2n) is 7.27. The molecule has 27 heavy (non-hydrogen) atoms. The number of aliphatic carboxylic acids is 1. The topological polar surface area (TPSA) is 90.0 Å². The van der Waals surface area contributed by atoms with Crippen LogP contribution in [-0.4, -0.2) is 59.5 Å². The van der Waals surface area contributed by atoms with Crippen LogP contribution in [0.2, 0.25) is 0 Å². The maximum absolute atomic E-state index is 12.3. The van der Waals surface area contributed by atoms with Crippen LogP contribution in [0.25, 0.3) is 0 Å². The summed E-state index contributed by atoms with van der Waals surface area (Å²) >= 11 is 0. The average Bonchev–Trinajstić information content (AvgIpc) is 2.61. The molecular formula is C20H27N3O4. The monoisotopic (exact) mass is 373 g/mol. The number of hydrogen-bond acceptors (Lipinski definition) is 4. The Hall–Kier alpha value is -2.41. The minimum Gasteiger partial charge on any atom is -0.480 e. The van der Waals surface area contributed by atoms with Gasteiger partial charge in [0.05, 0.1) is 6.54 Å². The number of nitrogens with one attached hydrogen (secondary N) is 1. The Morgan fingerprint density at radius 2 is 2.00 bits per heavy atom. The number of hydrogen-bond donors (Lipinski definition) is 2. The van der Waals surface area contributed by atoms with Gasteiger partial charge in [-0.05, 0) is 37.4 Å². The Morgan fingerprint density at radius 1 is 1.26 bits per heavy atom. The maximum atomic E-state index is 12.3. The van der Waals surface area contributed by atoms with Crippen molar-refractivity contribution in [3.63, 3.8) is 0 Å². The smallest absolute Gasteiger partial charge is 0.317 e. The van der Waals surface area contributed by atoms with Crippen LogP contribution in [-0.2, 0) is 20.8 Å². The van der Waals surface area contributed by atoms with E-state index in [-0.39, 0.29) is 36.9 Å². The lowest BCUT2D eigenvalue weighted by Gasteiger charge is -2.42. The molecule has 2 amide bonds. The summed E-state index contributed by atoms with van der Waals surface area (Å²) in [6.45, 7) is 3.06. The molecule has 1 saturated carbocycles. The van der Waals surface area contributed by atoms with Gasteiger partial charge in [0.25, 0.3) is 0 Å². The van der Waals surface area contributed by atoms with Crippen molar-refractivity contribution in [2.75, 3.05) is 24.5 Å². The van der Waals surface area contributed by atoms with E-state index in [2.05, 4.69) is 5.32 Å². The zero-order valence-electron chi connectivity index (χ0n) is 15.7. The summed E-state index contributed by atoms with van der Waals surface area (Å²) in [7, 11) is 0. The van der Waals surface area contributed by atoms with Crippen molar-refractivity contribution in [2.24, 2.45) is 0 Å². The van der Waals surface area contributed by atoms with Gasteiger partial charge in [-0.1, -0.05) is 25.1 Å². The van der Waals surface area contributed by atoms with E-state index in [1.807, 2.05) is 36.1 Å². The zero-order chi connectivity index (χ0) is 19.4. The molecule has 0 radical (unpaired) electrons. The third-order valence-electron chi connectivity index (χ3n) is 5.49. The number of anilines is 1. The summed E-state index contributed by atoms with van der Waals surface area (Å²) in [5.41, 5.74) is 2.06. The van der Waals surface area contributed by atoms with Crippen molar-refractivity contribution < 1.29 is 19.5 Å². The number of aryl methyl sites for hydroxylation is 1.